The van der Waals surface area contributed by atoms with Crippen molar-refractivity contribution in [2.24, 2.45) is 5.41 Å². The van der Waals surface area contributed by atoms with E-state index in [0.29, 0.717) is 12.8 Å². The third kappa shape index (κ3) is 8.54. The number of cyclic esters (lactones) is 1. The van der Waals surface area contributed by atoms with Crippen molar-refractivity contribution in [1.82, 2.24) is 14.7 Å². The molecule has 3 aliphatic heterocycles. The van der Waals surface area contributed by atoms with E-state index in [2.05, 4.69) is 29.5 Å². The minimum atomic E-state index is -1.41. The van der Waals surface area contributed by atoms with Crippen LogP contribution in [0.3, 0.4) is 0 Å². The minimum Gasteiger partial charge on any atom is -0.460 e. The van der Waals surface area contributed by atoms with Crippen molar-refractivity contribution in [2.75, 3.05) is 54.4 Å². The van der Waals surface area contributed by atoms with Crippen LogP contribution in [-0.4, -0.2) is 134 Å². The molecule has 8 atom stereocenters. The van der Waals surface area contributed by atoms with E-state index >= 15 is 0 Å². The van der Waals surface area contributed by atoms with Crippen molar-refractivity contribution in [2.45, 2.75) is 115 Å². The van der Waals surface area contributed by atoms with E-state index in [0.717, 1.165) is 39.0 Å². The van der Waals surface area contributed by atoms with Crippen LogP contribution in [0.1, 0.15) is 66.7 Å². The first kappa shape index (κ1) is 35.8. The number of carbonyl (C=O) groups is 2. The predicted octanol–water partition coefficient (Wildman–Crippen LogP) is 3.03. The summed E-state index contributed by atoms with van der Waals surface area (Å²) in [7, 11) is 7.53. The van der Waals surface area contributed by atoms with Crippen LogP contribution in [0.5, 0.6) is 0 Å². The van der Waals surface area contributed by atoms with Gasteiger partial charge in [0.2, 0.25) is 0 Å². The molecule has 246 valence electrons. The first-order chi connectivity index (χ1) is 20.1. The molecule has 0 aromatic heterocycles. The second-order valence-corrected chi connectivity index (χ2v) is 13.7. The van der Waals surface area contributed by atoms with Gasteiger partial charge in [-0.1, -0.05) is 17.7 Å². The van der Waals surface area contributed by atoms with Gasteiger partial charge in [-0.25, -0.2) is 0 Å². The summed E-state index contributed by atoms with van der Waals surface area (Å²) in [5.41, 5.74) is -1.04. The monoisotopic (exact) mass is 607 g/mol. The second kappa shape index (κ2) is 15.1. The van der Waals surface area contributed by atoms with Gasteiger partial charge >= 0.3 is 5.97 Å². The molecule has 3 heterocycles. The van der Waals surface area contributed by atoms with Gasteiger partial charge in [-0.3, -0.25) is 19.4 Å². The van der Waals surface area contributed by atoms with Crippen molar-refractivity contribution < 1.29 is 33.6 Å². The number of carbonyl (C=O) groups excluding carboxylic acids is 2. The summed E-state index contributed by atoms with van der Waals surface area (Å²) in [5.74, 6) is -0.859. The molecule has 2 fully saturated rings. The molecular formula is C33H57N3O7. The van der Waals surface area contributed by atoms with E-state index in [-0.39, 0.29) is 30.4 Å². The third-order valence-corrected chi connectivity index (χ3v) is 9.79. The zero-order valence-electron chi connectivity index (χ0n) is 28.0. The second-order valence-electron chi connectivity index (χ2n) is 13.7. The highest BCUT2D eigenvalue weighted by atomic mass is 16.7. The fraction of sp³-hybridized carbons (Fsp3) is 0.818. The largest absolute Gasteiger partial charge is 0.460 e. The topological polar surface area (TPSA) is 101 Å². The van der Waals surface area contributed by atoms with Gasteiger partial charge in [0, 0.05) is 39.2 Å². The summed E-state index contributed by atoms with van der Waals surface area (Å²) in [5, 5.41) is 11.2. The van der Waals surface area contributed by atoms with Crippen molar-refractivity contribution in [3.05, 3.63) is 24.3 Å². The van der Waals surface area contributed by atoms with Crippen LogP contribution in [0.25, 0.3) is 0 Å². The van der Waals surface area contributed by atoms with Gasteiger partial charge in [0.15, 0.2) is 12.1 Å². The molecule has 10 heteroatoms. The van der Waals surface area contributed by atoms with Crippen molar-refractivity contribution in [3.63, 3.8) is 0 Å². The lowest BCUT2D eigenvalue weighted by molar-refractivity contribution is -0.289. The van der Waals surface area contributed by atoms with E-state index in [1.807, 2.05) is 45.8 Å². The van der Waals surface area contributed by atoms with Crippen LogP contribution in [0.4, 0.5) is 0 Å². The summed E-state index contributed by atoms with van der Waals surface area (Å²) in [6.45, 7) is 16.2. The molecule has 3 aliphatic rings. The van der Waals surface area contributed by atoms with Crippen LogP contribution in [-0.2, 0) is 28.5 Å². The highest BCUT2D eigenvalue weighted by Crippen LogP contribution is 2.35. The zero-order valence-corrected chi connectivity index (χ0v) is 28.0. The average Bonchev–Trinajstić information content (AvgIpc) is 2.94. The van der Waals surface area contributed by atoms with E-state index in [9.17, 15) is 14.7 Å². The molecule has 0 amide bonds. The lowest BCUT2D eigenvalue weighted by Gasteiger charge is -2.45. The average molecular weight is 608 g/mol. The van der Waals surface area contributed by atoms with E-state index < -0.39 is 41.6 Å². The maximum Gasteiger partial charge on any atom is 0.319 e. The SMILES string of the molecule is C=CCN1CC=C([C@H]2[C@@H](C)OC(=O)C(C)(C)C(=O)C[C@@H](OC3OC(C)C[C@@H](N(C)C)[C@H]3O)[C@](C)(OC)CCCN2C)CC1. The maximum absolute atomic E-state index is 13.9. The van der Waals surface area contributed by atoms with Crippen molar-refractivity contribution >= 4 is 11.8 Å². The highest BCUT2D eigenvalue weighted by molar-refractivity contribution is 6.03. The lowest BCUT2D eigenvalue weighted by atomic mass is 9.81. The van der Waals surface area contributed by atoms with E-state index in [1.54, 1.807) is 21.0 Å². The summed E-state index contributed by atoms with van der Waals surface area (Å²) in [6.07, 6.45) is 3.76. The number of hydrogen-bond donors (Lipinski definition) is 1. The number of likely N-dealkylation sites (N-methyl/N-ethyl adjacent to an activating group) is 2. The third-order valence-electron chi connectivity index (χ3n) is 9.79. The fourth-order valence-corrected chi connectivity index (χ4v) is 6.64. The van der Waals surface area contributed by atoms with Gasteiger partial charge < -0.3 is 29.0 Å². The maximum atomic E-state index is 13.9. The highest BCUT2D eigenvalue weighted by Gasteiger charge is 2.48. The quantitative estimate of drug-likeness (QED) is 0.264. The van der Waals surface area contributed by atoms with Crippen LogP contribution in [0.15, 0.2) is 24.3 Å². The van der Waals surface area contributed by atoms with Gasteiger partial charge in [0.05, 0.1) is 23.9 Å². The van der Waals surface area contributed by atoms with Gasteiger partial charge in [-0.15, -0.1) is 6.58 Å². The number of esters is 1. The molecule has 1 N–H and O–H groups in total. The molecular weight excluding hydrogens is 550 g/mol. The number of nitrogens with zero attached hydrogens (tertiary/aromatic N) is 3. The van der Waals surface area contributed by atoms with Gasteiger partial charge in [-0.2, -0.15) is 0 Å². The molecule has 0 aromatic carbocycles. The minimum absolute atomic E-state index is 0.0853. The summed E-state index contributed by atoms with van der Waals surface area (Å²) >= 11 is 0. The fourth-order valence-electron chi connectivity index (χ4n) is 6.64. The Hall–Kier alpha value is -1.66. The van der Waals surface area contributed by atoms with Gasteiger partial charge in [0.25, 0.3) is 0 Å². The number of Topliss-reactive ketones (excluding diaryl/α,β-unsaturated/α-hetero) is 1. The molecule has 3 rings (SSSR count). The van der Waals surface area contributed by atoms with Crippen LogP contribution >= 0.6 is 0 Å². The first-order valence-corrected chi connectivity index (χ1v) is 15.8. The zero-order chi connectivity index (χ0) is 32.1. The number of aliphatic hydroxyl groups is 1. The molecule has 43 heavy (non-hydrogen) atoms. The Bertz CT molecular complexity index is 1000. The number of aliphatic hydroxyl groups excluding tert-OH is 1. The molecule has 0 bridgehead atoms. The Balaban J connectivity index is 1.92. The number of methoxy groups -OCH3 is 1. The number of rotatable bonds is 7. The Kier molecular flexibility index (Phi) is 12.6. The van der Waals surface area contributed by atoms with Gasteiger partial charge in [0.1, 0.15) is 17.6 Å². The normalized spacial score (nSPS) is 37.6. The molecule has 0 aliphatic carbocycles. The Morgan fingerprint density at radius 2 is 1.91 bits per heavy atom. The molecule has 2 saturated heterocycles. The van der Waals surface area contributed by atoms with Crippen LogP contribution in [0.2, 0.25) is 0 Å². The summed E-state index contributed by atoms with van der Waals surface area (Å²) in [4.78, 5) is 34.1. The Morgan fingerprint density at radius 1 is 1.21 bits per heavy atom. The number of ketones is 1. The van der Waals surface area contributed by atoms with Crippen molar-refractivity contribution in [3.8, 4) is 0 Å². The molecule has 0 spiro atoms. The smallest absolute Gasteiger partial charge is 0.319 e. The number of hydrogen-bond acceptors (Lipinski definition) is 10. The molecule has 2 unspecified atom stereocenters. The standard InChI is InChI=1S/C33H57N3O7/c1-11-16-36-18-13-24(14-19-36)28-23(3)42-31(39)32(4,5)26(37)21-27(33(6,40-10)15-12-17-35(28)9)43-30-29(38)25(34(7)8)20-22(2)41-30/h11,13,22-23,25,27-30,38H,1,12,14-21H2,2-10H3/t22?,23-,25-,27-,28-,29-,30?,33-/m1/s1. The Morgan fingerprint density at radius 3 is 2.49 bits per heavy atom. The molecule has 0 saturated carbocycles. The summed E-state index contributed by atoms with van der Waals surface area (Å²) in [6, 6.07) is -0.276. The molecule has 0 radical (unpaired) electrons. The predicted molar refractivity (Wildman–Crippen MR) is 167 cm³/mol. The van der Waals surface area contributed by atoms with E-state index in [4.69, 9.17) is 18.9 Å². The number of ether oxygens (including phenoxy) is 4. The lowest BCUT2D eigenvalue weighted by Crippen LogP contribution is -2.57. The summed E-state index contributed by atoms with van der Waals surface area (Å²) < 4.78 is 24.8. The van der Waals surface area contributed by atoms with Crippen molar-refractivity contribution in [1.29, 1.82) is 0 Å². The van der Waals surface area contributed by atoms with Gasteiger partial charge in [-0.05, 0) is 88.0 Å². The van der Waals surface area contributed by atoms with Crippen LogP contribution < -0.4 is 0 Å². The first-order valence-electron chi connectivity index (χ1n) is 15.8. The van der Waals surface area contributed by atoms with E-state index in [1.165, 1.54) is 5.57 Å². The van der Waals surface area contributed by atoms with Crippen LogP contribution in [0, 0.1) is 5.41 Å². The molecule has 10 nitrogen and oxygen atoms in total. The Labute approximate surface area is 259 Å². The molecule has 0 aromatic rings.